The second kappa shape index (κ2) is 15.6. The van der Waals surface area contributed by atoms with E-state index in [0.29, 0.717) is 19.4 Å². The molecule has 3 rings (SSSR count). The topological polar surface area (TPSA) is 146 Å². The molecular weight excluding hydrogens is 574 g/mol. The van der Waals surface area contributed by atoms with Gasteiger partial charge in [-0.2, -0.15) is 0 Å². The maximum Gasteiger partial charge on any atom is 0.316 e. The molecule has 3 unspecified atom stereocenters. The van der Waals surface area contributed by atoms with Crippen LogP contribution in [0, 0.1) is 22.7 Å². The van der Waals surface area contributed by atoms with E-state index in [1.807, 2.05) is 13.8 Å². The minimum Gasteiger partial charge on any atom is -0.382 e. The van der Waals surface area contributed by atoms with E-state index in [0.717, 1.165) is 56.9 Å². The zero-order valence-corrected chi connectivity index (χ0v) is 28.6. The van der Waals surface area contributed by atoms with Gasteiger partial charge in [0.25, 0.3) is 5.91 Å². The van der Waals surface area contributed by atoms with Gasteiger partial charge in [-0.25, -0.2) is 4.79 Å². The van der Waals surface area contributed by atoms with E-state index in [9.17, 15) is 24.0 Å². The summed E-state index contributed by atoms with van der Waals surface area (Å²) in [5, 5.41) is 11.2. The van der Waals surface area contributed by atoms with Gasteiger partial charge in [-0.3, -0.25) is 19.2 Å². The molecule has 4 N–H and O–H groups in total. The first-order chi connectivity index (χ1) is 21.1. The summed E-state index contributed by atoms with van der Waals surface area (Å²) in [4.78, 5) is 69.0. The van der Waals surface area contributed by atoms with Crippen LogP contribution >= 0.6 is 0 Å². The fraction of sp³-hybridized carbons (Fsp3) is 0.794. The van der Waals surface area contributed by atoms with E-state index < -0.39 is 53.2 Å². The lowest BCUT2D eigenvalue weighted by Gasteiger charge is -2.42. The summed E-state index contributed by atoms with van der Waals surface area (Å²) < 4.78 is 5.25. The Kier molecular flexibility index (Phi) is 12.6. The molecule has 2 aliphatic carbocycles. The van der Waals surface area contributed by atoms with Gasteiger partial charge in [0.05, 0.1) is 18.7 Å². The van der Waals surface area contributed by atoms with Gasteiger partial charge in [-0.05, 0) is 55.3 Å². The highest BCUT2D eigenvalue weighted by molar-refractivity contribution is 6.38. The highest BCUT2D eigenvalue weighted by atomic mass is 16.5. The third kappa shape index (κ3) is 9.30. The maximum absolute atomic E-state index is 14.7. The van der Waals surface area contributed by atoms with Crippen molar-refractivity contribution in [2.75, 3.05) is 27.3 Å². The number of hydrogen-bond donors (Lipinski definition) is 4. The van der Waals surface area contributed by atoms with Gasteiger partial charge in [0.1, 0.15) is 12.1 Å². The third-order valence-electron chi connectivity index (χ3n) is 10.4. The molecule has 1 heterocycles. The van der Waals surface area contributed by atoms with Gasteiger partial charge in [0.2, 0.25) is 17.6 Å². The van der Waals surface area contributed by atoms with E-state index in [4.69, 9.17) is 4.74 Å². The van der Waals surface area contributed by atoms with Crippen molar-refractivity contribution in [3.63, 3.8) is 0 Å². The third-order valence-corrected chi connectivity index (χ3v) is 10.4. The van der Waals surface area contributed by atoms with Gasteiger partial charge in [-0.15, -0.1) is 0 Å². The number of likely N-dealkylation sites (tertiary alicyclic amines) is 1. The minimum absolute atomic E-state index is 0.0139. The Morgan fingerprint density at radius 2 is 1.62 bits per heavy atom. The number of Topliss-reactive ketones (excluding diaryl/α,β-unsaturated/α-hetero) is 1. The average Bonchev–Trinajstić information content (AvgIpc) is 3.42. The standard InChI is InChI=1S/C34H57N5O6/c1-21(2)25(20-45-8)37-32(44)38-28(34(6)15-10-9-11-16-34)31(43)39-19-23(33(3,4)5)18-26(39)29(41)36-24(17-22-13-12-14-22)27(40)30(42)35-7/h22-26,28H,1,9-20H2,2-8H3,(H,35,42)(H,36,41)(H2,37,38,44)/t23-,24?,25-,26?,28?/m1/s1. The lowest BCUT2D eigenvalue weighted by Crippen LogP contribution is -2.62. The lowest BCUT2D eigenvalue weighted by atomic mass is 9.70. The molecule has 11 heteroatoms. The van der Waals surface area contributed by atoms with Crippen molar-refractivity contribution >= 4 is 29.5 Å². The monoisotopic (exact) mass is 631 g/mol. The number of nitrogens with zero attached hydrogens (tertiary/aromatic N) is 1. The molecule has 0 spiro atoms. The molecule has 0 aromatic rings. The Balaban J connectivity index is 1.92. The zero-order valence-electron chi connectivity index (χ0n) is 28.6. The van der Waals surface area contributed by atoms with Crippen LogP contribution < -0.4 is 21.3 Å². The molecule has 45 heavy (non-hydrogen) atoms. The Labute approximate surface area is 269 Å². The highest BCUT2D eigenvalue weighted by Gasteiger charge is 2.50. The summed E-state index contributed by atoms with van der Waals surface area (Å²) in [6, 6.07) is -3.57. The molecule has 254 valence electrons. The molecule has 0 aromatic carbocycles. The Bertz CT molecular complexity index is 1110. The van der Waals surface area contributed by atoms with Crippen LogP contribution in [0.4, 0.5) is 4.79 Å². The van der Waals surface area contributed by atoms with Crippen molar-refractivity contribution in [3.05, 3.63) is 12.2 Å². The van der Waals surface area contributed by atoms with E-state index in [2.05, 4.69) is 48.6 Å². The Morgan fingerprint density at radius 1 is 0.978 bits per heavy atom. The number of carbonyl (C=O) groups excluding carboxylic acids is 5. The minimum atomic E-state index is -0.955. The highest BCUT2D eigenvalue weighted by Crippen LogP contribution is 2.42. The van der Waals surface area contributed by atoms with Crippen molar-refractivity contribution in [1.29, 1.82) is 0 Å². The number of methoxy groups -OCH3 is 1. The van der Waals surface area contributed by atoms with Gasteiger partial charge in [0, 0.05) is 20.7 Å². The number of hydrogen-bond acceptors (Lipinski definition) is 6. The molecule has 1 saturated heterocycles. The van der Waals surface area contributed by atoms with Gasteiger partial charge in [-0.1, -0.05) is 78.4 Å². The molecule has 0 aromatic heterocycles. The van der Waals surface area contributed by atoms with Crippen LogP contribution in [-0.2, 0) is 23.9 Å². The molecule has 5 atom stereocenters. The quantitative estimate of drug-likeness (QED) is 0.181. The van der Waals surface area contributed by atoms with Crippen LogP contribution in [0.3, 0.4) is 0 Å². The van der Waals surface area contributed by atoms with E-state index in [1.165, 1.54) is 7.05 Å². The van der Waals surface area contributed by atoms with Gasteiger partial charge < -0.3 is 30.9 Å². The predicted octanol–water partition coefficient (Wildman–Crippen LogP) is 3.47. The summed E-state index contributed by atoms with van der Waals surface area (Å²) >= 11 is 0. The van der Waals surface area contributed by atoms with Crippen molar-refractivity contribution < 1.29 is 28.7 Å². The molecule has 1 aliphatic heterocycles. The number of ether oxygens (including phenoxy) is 1. The molecule has 0 bridgehead atoms. The van der Waals surface area contributed by atoms with Crippen molar-refractivity contribution in [2.45, 2.75) is 123 Å². The summed E-state index contributed by atoms with van der Waals surface area (Å²) in [6.07, 6.45) is 8.29. The molecule has 11 nitrogen and oxygen atoms in total. The molecule has 3 fully saturated rings. The van der Waals surface area contributed by atoms with E-state index in [-0.39, 0.29) is 29.8 Å². The van der Waals surface area contributed by atoms with Crippen LogP contribution in [0.25, 0.3) is 0 Å². The SMILES string of the molecule is C=C(C)[C@@H](COC)NC(=O)NC(C(=O)N1C[C@H](C(C)(C)C)CC1C(=O)NC(CC1CCC1)C(=O)C(=O)NC)C1(C)CCCCC1. The predicted molar refractivity (Wildman–Crippen MR) is 173 cm³/mol. The first-order valence-corrected chi connectivity index (χ1v) is 16.7. The van der Waals surface area contributed by atoms with Crippen LogP contribution in [-0.4, -0.2) is 85.9 Å². The van der Waals surface area contributed by atoms with Gasteiger partial charge in [0.15, 0.2) is 0 Å². The molecule has 0 radical (unpaired) electrons. The second-order valence-electron chi connectivity index (χ2n) is 15.0. The smallest absolute Gasteiger partial charge is 0.316 e. The number of amides is 5. The lowest BCUT2D eigenvalue weighted by molar-refractivity contribution is -0.144. The largest absolute Gasteiger partial charge is 0.382 e. The van der Waals surface area contributed by atoms with Crippen molar-refractivity contribution in [1.82, 2.24) is 26.2 Å². The summed E-state index contributed by atoms with van der Waals surface area (Å²) in [5.41, 5.74) is 0.0293. The second-order valence-corrected chi connectivity index (χ2v) is 15.0. The zero-order chi connectivity index (χ0) is 33.5. The summed E-state index contributed by atoms with van der Waals surface area (Å²) in [6.45, 7) is 14.7. The van der Waals surface area contributed by atoms with Crippen LogP contribution in [0.5, 0.6) is 0 Å². The Hall–Kier alpha value is -2.95. The van der Waals surface area contributed by atoms with E-state index >= 15 is 0 Å². The number of urea groups is 1. The fourth-order valence-corrected chi connectivity index (χ4v) is 6.95. The van der Waals surface area contributed by atoms with Crippen molar-refractivity contribution in [3.8, 4) is 0 Å². The van der Waals surface area contributed by atoms with Crippen molar-refractivity contribution in [2.24, 2.45) is 22.7 Å². The normalized spacial score (nSPS) is 23.6. The number of carbonyl (C=O) groups is 5. The van der Waals surface area contributed by atoms with Crippen LogP contribution in [0.1, 0.15) is 98.8 Å². The molecule has 5 amide bonds. The molecule has 2 saturated carbocycles. The molecular formula is C34H57N5O6. The van der Waals surface area contributed by atoms with Gasteiger partial charge >= 0.3 is 6.03 Å². The fourth-order valence-electron chi connectivity index (χ4n) is 6.95. The van der Waals surface area contributed by atoms with Crippen LogP contribution in [0.15, 0.2) is 12.2 Å². The summed E-state index contributed by atoms with van der Waals surface area (Å²) in [5.74, 6) is -1.86. The number of likely N-dealkylation sites (N-methyl/N-ethyl adjacent to an activating group) is 1. The number of rotatable bonds is 13. The maximum atomic E-state index is 14.7. The first kappa shape index (κ1) is 36.5. The average molecular weight is 632 g/mol. The Morgan fingerprint density at radius 3 is 2.13 bits per heavy atom. The van der Waals surface area contributed by atoms with E-state index in [1.54, 1.807) is 12.0 Å². The molecule has 3 aliphatic rings. The summed E-state index contributed by atoms with van der Waals surface area (Å²) in [7, 11) is 2.95. The number of ketones is 1. The van der Waals surface area contributed by atoms with Crippen LogP contribution in [0.2, 0.25) is 0 Å². The first-order valence-electron chi connectivity index (χ1n) is 16.7. The number of nitrogens with one attached hydrogen (secondary N) is 4.